The number of para-hydroxylation sites is 1. The SMILES string of the molecule is C/C=C\C(=C/CC)c1nn(-c2ccccc2)c(CCC)c1C. The predicted octanol–water partition coefficient (Wildman–Crippen LogP) is 5.50. The molecular formula is C20H26N2. The highest BCUT2D eigenvalue weighted by Crippen LogP contribution is 2.26. The van der Waals surface area contributed by atoms with Crippen molar-refractivity contribution in [2.75, 3.05) is 0 Å². The molecule has 0 radical (unpaired) electrons. The fourth-order valence-electron chi connectivity index (χ4n) is 2.76. The van der Waals surface area contributed by atoms with E-state index in [0.29, 0.717) is 0 Å². The number of rotatable bonds is 6. The van der Waals surface area contributed by atoms with Crippen LogP contribution in [0.5, 0.6) is 0 Å². The molecule has 2 rings (SSSR count). The maximum absolute atomic E-state index is 4.93. The summed E-state index contributed by atoms with van der Waals surface area (Å²) in [5.41, 5.74) is 6.07. The van der Waals surface area contributed by atoms with E-state index in [4.69, 9.17) is 5.10 Å². The second-order valence-electron chi connectivity index (χ2n) is 5.49. The van der Waals surface area contributed by atoms with Crippen LogP contribution in [0.4, 0.5) is 0 Å². The smallest absolute Gasteiger partial charge is 0.0956 e. The molecule has 0 unspecified atom stereocenters. The third kappa shape index (κ3) is 3.38. The Morgan fingerprint density at radius 3 is 2.50 bits per heavy atom. The van der Waals surface area contributed by atoms with Crippen molar-refractivity contribution in [2.24, 2.45) is 0 Å². The van der Waals surface area contributed by atoms with E-state index in [-0.39, 0.29) is 0 Å². The minimum absolute atomic E-state index is 1.01. The average Bonchev–Trinajstić information content (AvgIpc) is 2.86. The summed E-state index contributed by atoms with van der Waals surface area (Å²) in [6, 6.07) is 10.4. The lowest BCUT2D eigenvalue weighted by Crippen LogP contribution is -2.02. The molecule has 1 heterocycles. The van der Waals surface area contributed by atoms with E-state index in [1.165, 1.54) is 16.8 Å². The highest BCUT2D eigenvalue weighted by atomic mass is 15.3. The van der Waals surface area contributed by atoms with Crippen LogP contribution >= 0.6 is 0 Å². The Morgan fingerprint density at radius 2 is 1.91 bits per heavy atom. The number of aromatic nitrogens is 2. The van der Waals surface area contributed by atoms with Gasteiger partial charge in [-0.15, -0.1) is 0 Å². The normalized spacial score (nSPS) is 12.3. The summed E-state index contributed by atoms with van der Waals surface area (Å²) in [5.74, 6) is 0. The van der Waals surface area contributed by atoms with Crippen molar-refractivity contribution in [3.8, 4) is 5.69 Å². The van der Waals surface area contributed by atoms with Crippen molar-refractivity contribution >= 4 is 5.57 Å². The van der Waals surface area contributed by atoms with E-state index in [0.717, 1.165) is 30.6 Å². The molecule has 2 heteroatoms. The molecule has 0 saturated carbocycles. The van der Waals surface area contributed by atoms with Gasteiger partial charge in [-0.25, -0.2) is 4.68 Å². The van der Waals surface area contributed by atoms with Crippen molar-refractivity contribution < 1.29 is 0 Å². The van der Waals surface area contributed by atoms with Gasteiger partial charge in [0.1, 0.15) is 0 Å². The molecule has 0 aliphatic rings. The van der Waals surface area contributed by atoms with E-state index in [9.17, 15) is 0 Å². The van der Waals surface area contributed by atoms with Gasteiger partial charge >= 0.3 is 0 Å². The third-order valence-electron chi connectivity index (χ3n) is 3.78. The first kappa shape index (κ1) is 16.3. The van der Waals surface area contributed by atoms with Crippen LogP contribution in [0.25, 0.3) is 11.3 Å². The van der Waals surface area contributed by atoms with Crippen molar-refractivity contribution in [1.29, 1.82) is 0 Å². The molecule has 0 spiro atoms. The standard InChI is InChI=1S/C20H26N2/c1-5-11-17(12-6-2)20-16(4)19(13-7-3)22(21-20)18-14-9-8-10-15-18/h5,8-12,14-15H,6-7,13H2,1-4H3/b11-5-,17-12+. The summed E-state index contributed by atoms with van der Waals surface area (Å²) in [4.78, 5) is 0. The predicted molar refractivity (Wildman–Crippen MR) is 95.4 cm³/mol. The van der Waals surface area contributed by atoms with Gasteiger partial charge in [-0.2, -0.15) is 5.10 Å². The molecule has 0 atom stereocenters. The molecule has 0 fully saturated rings. The van der Waals surface area contributed by atoms with Crippen molar-refractivity contribution in [3.63, 3.8) is 0 Å². The summed E-state index contributed by atoms with van der Waals surface area (Å²) >= 11 is 0. The number of hydrogen-bond acceptors (Lipinski definition) is 1. The number of nitrogens with zero attached hydrogens (tertiary/aromatic N) is 2. The zero-order valence-electron chi connectivity index (χ0n) is 14.1. The topological polar surface area (TPSA) is 17.8 Å². The van der Waals surface area contributed by atoms with Crippen LogP contribution in [-0.4, -0.2) is 9.78 Å². The minimum Gasteiger partial charge on any atom is -0.237 e. The Kier molecular flexibility index (Phi) is 5.76. The highest BCUT2D eigenvalue weighted by molar-refractivity contribution is 5.74. The molecule has 1 aromatic carbocycles. The summed E-state index contributed by atoms with van der Waals surface area (Å²) < 4.78 is 2.11. The fourth-order valence-corrected chi connectivity index (χ4v) is 2.76. The van der Waals surface area contributed by atoms with Crippen LogP contribution in [0, 0.1) is 6.92 Å². The maximum atomic E-state index is 4.93. The molecule has 0 bridgehead atoms. The largest absolute Gasteiger partial charge is 0.237 e. The van der Waals surface area contributed by atoms with Crippen LogP contribution in [0.1, 0.15) is 50.6 Å². The first-order chi connectivity index (χ1) is 10.7. The number of allylic oxidation sites excluding steroid dienone is 4. The molecule has 0 aliphatic carbocycles. The first-order valence-corrected chi connectivity index (χ1v) is 8.20. The monoisotopic (exact) mass is 294 g/mol. The van der Waals surface area contributed by atoms with Gasteiger partial charge in [-0.1, -0.05) is 56.7 Å². The molecule has 2 aromatic rings. The van der Waals surface area contributed by atoms with Gasteiger partial charge in [0, 0.05) is 5.69 Å². The van der Waals surface area contributed by atoms with Crippen LogP contribution in [0.2, 0.25) is 0 Å². The molecular weight excluding hydrogens is 268 g/mol. The molecule has 0 saturated heterocycles. The maximum Gasteiger partial charge on any atom is 0.0956 e. The lowest BCUT2D eigenvalue weighted by molar-refractivity contribution is 0.770. The third-order valence-corrected chi connectivity index (χ3v) is 3.78. The van der Waals surface area contributed by atoms with Gasteiger partial charge in [0.25, 0.3) is 0 Å². The van der Waals surface area contributed by atoms with Gasteiger partial charge in [0.05, 0.1) is 11.4 Å². The van der Waals surface area contributed by atoms with Gasteiger partial charge < -0.3 is 0 Å². The van der Waals surface area contributed by atoms with E-state index in [1.54, 1.807) is 0 Å². The Morgan fingerprint density at radius 1 is 1.18 bits per heavy atom. The zero-order valence-corrected chi connectivity index (χ0v) is 14.1. The van der Waals surface area contributed by atoms with E-state index < -0.39 is 0 Å². The van der Waals surface area contributed by atoms with Crippen molar-refractivity contribution in [3.05, 3.63) is 65.5 Å². The molecule has 22 heavy (non-hydrogen) atoms. The summed E-state index contributed by atoms with van der Waals surface area (Å²) in [6.07, 6.45) is 9.67. The van der Waals surface area contributed by atoms with Crippen molar-refractivity contribution in [1.82, 2.24) is 9.78 Å². The van der Waals surface area contributed by atoms with Gasteiger partial charge in [0.2, 0.25) is 0 Å². The van der Waals surface area contributed by atoms with E-state index in [1.807, 2.05) is 6.07 Å². The molecule has 116 valence electrons. The second kappa shape index (κ2) is 7.79. The van der Waals surface area contributed by atoms with E-state index >= 15 is 0 Å². The van der Waals surface area contributed by atoms with Crippen LogP contribution in [0.3, 0.4) is 0 Å². The van der Waals surface area contributed by atoms with Gasteiger partial charge in [-0.05, 0) is 50.0 Å². The fraction of sp³-hybridized carbons (Fsp3) is 0.350. The average molecular weight is 294 g/mol. The Labute approximate surface area is 134 Å². The molecule has 0 amide bonds. The second-order valence-corrected chi connectivity index (χ2v) is 5.49. The molecule has 2 nitrogen and oxygen atoms in total. The van der Waals surface area contributed by atoms with Crippen LogP contribution in [-0.2, 0) is 6.42 Å². The summed E-state index contributed by atoms with van der Waals surface area (Å²) in [6.45, 7) is 8.63. The van der Waals surface area contributed by atoms with E-state index in [2.05, 4.69) is 74.9 Å². The zero-order chi connectivity index (χ0) is 15.9. The summed E-state index contributed by atoms with van der Waals surface area (Å²) in [5, 5.41) is 4.93. The quantitative estimate of drug-likeness (QED) is 0.643. The Hall–Kier alpha value is -2.09. The number of hydrogen-bond donors (Lipinski definition) is 0. The first-order valence-electron chi connectivity index (χ1n) is 8.20. The number of benzene rings is 1. The summed E-state index contributed by atoms with van der Waals surface area (Å²) in [7, 11) is 0. The highest BCUT2D eigenvalue weighted by Gasteiger charge is 2.16. The minimum atomic E-state index is 1.01. The van der Waals surface area contributed by atoms with Gasteiger partial charge in [-0.3, -0.25) is 0 Å². The van der Waals surface area contributed by atoms with Crippen LogP contribution in [0.15, 0.2) is 48.6 Å². The van der Waals surface area contributed by atoms with Crippen LogP contribution < -0.4 is 0 Å². The lowest BCUT2D eigenvalue weighted by Gasteiger charge is -2.06. The Bertz CT molecular complexity index is 661. The molecule has 0 aliphatic heterocycles. The Balaban J connectivity index is 2.60. The lowest BCUT2D eigenvalue weighted by atomic mass is 10.0. The van der Waals surface area contributed by atoms with Gasteiger partial charge in [0.15, 0.2) is 0 Å². The molecule has 0 N–H and O–H groups in total. The molecule has 1 aromatic heterocycles. The van der Waals surface area contributed by atoms with Crippen molar-refractivity contribution in [2.45, 2.75) is 47.0 Å².